The lowest BCUT2D eigenvalue weighted by Gasteiger charge is -2.20. The molecule has 26 heavy (non-hydrogen) atoms. The van der Waals surface area contributed by atoms with Crippen LogP contribution in [0.1, 0.15) is 12.0 Å². The number of methoxy groups -OCH3 is 1. The molecule has 5 heteroatoms. The Morgan fingerprint density at radius 2 is 1.92 bits per heavy atom. The molecule has 0 bridgehead atoms. The molecule has 1 fully saturated rings. The number of hydrogen-bond acceptors (Lipinski definition) is 3. The Labute approximate surface area is 156 Å². The van der Waals surface area contributed by atoms with Crippen LogP contribution in [0.5, 0.6) is 5.75 Å². The SMILES string of the molecule is CN=C(NCCc1ccccc1OC)NC1CCN(c2ccccc2)C1. The van der Waals surface area contributed by atoms with Crippen molar-refractivity contribution in [3.05, 3.63) is 60.2 Å². The number of guanidine groups is 1. The van der Waals surface area contributed by atoms with Crippen LogP contribution in [-0.2, 0) is 6.42 Å². The van der Waals surface area contributed by atoms with E-state index in [0.717, 1.165) is 44.2 Å². The molecule has 1 aliphatic rings. The fraction of sp³-hybridized carbons (Fsp3) is 0.381. The molecule has 2 aromatic carbocycles. The molecule has 0 radical (unpaired) electrons. The Bertz CT molecular complexity index is 717. The summed E-state index contributed by atoms with van der Waals surface area (Å²) in [7, 11) is 3.54. The van der Waals surface area contributed by atoms with Gasteiger partial charge in [0, 0.05) is 38.4 Å². The van der Waals surface area contributed by atoms with Gasteiger partial charge in [0.1, 0.15) is 5.75 Å². The van der Waals surface area contributed by atoms with Crippen molar-refractivity contribution in [2.45, 2.75) is 18.9 Å². The first-order valence-corrected chi connectivity index (χ1v) is 9.19. The van der Waals surface area contributed by atoms with Crippen LogP contribution in [0.2, 0.25) is 0 Å². The maximum atomic E-state index is 5.41. The van der Waals surface area contributed by atoms with E-state index in [1.165, 1.54) is 11.3 Å². The average Bonchev–Trinajstić information content (AvgIpc) is 3.17. The number of hydrogen-bond donors (Lipinski definition) is 2. The fourth-order valence-electron chi connectivity index (χ4n) is 3.36. The zero-order chi connectivity index (χ0) is 18.2. The molecule has 1 unspecified atom stereocenters. The van der Waals surface area contributed by atoms with Gasteiger partial charge in [0.15, 0.2) is 5.96 Å². The molecule has 1 atom stereocenters. The highest BCUT2D eigenvalue weighted by Crippen LogP contribution is 2.20. The summed E-state index contributed by atoms with van der Waals surface area (Å²) < 4.78 is 5.41. The molecule has 0 saturated carbocycles. The van der Waals surface area contributed by atoms with Crippen LogP contribution >= 0.6 is 0 Å². The van der Waals surface area contributed by atoms with Crippen molar-refractivity contribution in [3.63, 3.8) is 0 Å². The Morgan fingerprint density at radius 1 is 1.15 bits per heavy atom. The minimum Gasteiger partial charge on any atom is -0.496 e. The molecule has 1 aliphatic heterocycles. The van der Waals surface area contributed by atoms with Crippen molar-refractivity contribution in [2.75, 3.05) is 38.7 Å². The second-order valence-electron chi connectivity index (χ2n) is 6.47. The van der Waals surface area contributed by atoms with Crippen LogP contribution in [0.15, 0.2) is 59.6 Å². The number of ether oxygens (including phenoxy) is 1. The summed E-state index contributed by atoms with van der Waals surface area (Å²) in [6.45, 7) is 2.88. The number of nitrogens with zero attached hydrogens (tertiary/aromatic N) is 2. The van der Waals surface area contributed by atoms with Gasteiger partial charge in [0.25, 0.3) is 0 Å². The number of aliphatic imine (C=N–C) groups is 1. The third-order valence-electron chi connectivity index (χ3n) is 4.75. The summed E-state index contributed by atoms with van der Waals surface area (Å²) in [6, 6.07) is 19.1. The molecule has 3 rings (SSSR count). The van der Waals surface area contributed by atoms with E-state index in [1.807, 2.05) is 25.2 Å². The first-order valence-electron chi connectivity index (χ1n) is 9.19. The predicted octanol–water partition coefficient (Wildman–Crippen LogP) is 2.68. The van der Waals surface area contributed by atoms with Gasteiger partial charge in [-0.3, -0.25) is 4.99 Å². The molecular weight excluding hydrogens is 324 g/mol. The predicted molar refractivity (Wildman–Crippen MR) is 108 cm³/mol. The smallest absolute Gasteiger partial charge is 0.191 e. The van der Waals surface area contributed by atoms with Gasteiger partial charge in [0.05, 0.1) is 7.11 Å². The van der Waals surface area contributed by atoms with Crippen LogP contribution in [0.3, 0.4) is 0 Å². The third kappa shape index (κ3) is 4.69. The first kappa shape index (κ1) is 18.1. The molecule has 2 N–H and O–H groups in total. The molecule has 0 aromatic heterocycles. The Balaban J connectivity index is 1.47. The minimum absolute atomic E-state index is 0.410. The van der Waals surface area contributed by atoms with E-state index >= 15 is 0 Å². The topological polar surface area (TPSA) is 48.9 Å². The van der Waals surface area contributed by atoms with Gasteiger partial charge < -0.3 is 20.3 Å². The number of benzene rings is 2. The second-order valence-corrected chi connectivity index (χ2v) is 6.47. The molecule has 5 nitrogen and oxygen atoms in total. The van der Waals surface area contributed by atoms with E-state index in [4.69, 9.17) is 4.74 Å². The zero-order valence-corrected chi connectivity index (χ0v) is 15.6. The number of rotatable bonds is 6. The van der Waals surface area contributed by atoms with E-state index in [0.29, 0.717) is 6.04 Å². The number of anilines is 1. The van der Waals surface area contributed by atoms with Gasteiger partial charge in [-0.15, -0.1) is 0 Å². The molecule has 0 amide bonds. The number of para-hydroxylation sites is 2. The van der Waals surface area contributed by atoms with Crippen molar-refractivity contribution >= 4 is 11.6 Å². The van der Waals surface area contributed by atoms with Crippen LogP contribution in [-0.4, -0.2) is 45.8 Å². The van der Waals surface area contributed by atoms with Crippen LogP contribution in [0.25, 0.3) is 0 Å². The van der Waals surface area contributed by atoms with Gasteiger partial charge in [-0.1, -0.05) is 36.4 Å². The molecule has 1 heterocycles. The normalized spacial score (nSPS) is 17.2. The first-order chi connectivity index (χ1) is 12.8. The monoisotopic (exact) mass is 352 g/mol. The molecular formula is C21H28N4O. The maximum absolute atomic E-state index is 5.41. The summed E-state index contributed by atoms with van der Waals surface area (Å²) in [5.41, 5.74) is 2.49. The van der Waals surface area contributed by atoms with Crippen LogP contribution in [0, 0.1) is 0 Å². The Kier molecular flexibility index (Phi) is 6.36. The van der Waals surface area contributed by atoms with E-state index in [1.54, 1.807) is 7.11 Å². The van der Waals surface area contributed by atoms with Gasteiger partial charge in [-0.25, -0.2) is 0 Å². The molecule has 1 saturated heterocycles. The zero-order valence-electron chi connectivity index (χ0n) is 15.6. The van der Waals surface area contributed by atoms with E-state index in [2.05, 4.69) is 56.9 Å². The summed E-state index contributed by atoms with van der Waals surface area (Å²) in [5.74, 6) is 1.80. The highest BCUT2D eigenvalue weighted by molar-refractivity contribution is 5.80. The molecule has 138 valence electrons. The standard InChI is InChI=1S/C21H28N4O/c1-22-21(23-14-12-17-8-6-7-11-20(17)26-2)24-18-13-15-25(16-18)19-9-4-3-5-10-19/h3-11,18H,12-16H2,1-2H3,(H2,22,23,24). The highest BCUT2D eigenvalue weighted by atomic mass is 16.5. The summed E-state index contributed by atoms with van der Waals surface area (Å²) >= 11 is 0. The lowest BCUT2D eigenvalue weighted by molar-refractivity contribution is 0.409. The van der Waals surface area contributed by atoms with E-state index in [-0.39, 0.29) is 0 Å². The van der Waals surface area contributed by atoms with Gasteiger partial charge >= 0.3 is 0 Å². The van der Waals surface area contributed by atoms with Crippen LogP contribution < -0.4 is 20.3 Å². The molecule has 0 spiro atoms. The summed E-state index contributed by atoms with van der Waals surface area (Å²) in [5, 5.41) is 6.96. The van der Waals surface area contributed by atoms with E-state index < -0.39 is 0 Å². The van der Waals surface area contributed by atoms with Crippen LogP contribution in [0.4, 0.5) is 5.69 Å². The fourth-order valence-corrected chi connectivity index (χ4v) is 3.36. The lowest BCUT2D eigenvalue weighted by atomic mass is 10.1. The van der Waals surface area contributed by atoms with Crippen molar-refractivity contribution in [2.24, 2.45) is 4.99 Å². The largest absolute Gasteiger partial charge is 0.496 e. The third-order valence-corrected chi connectivity index (χ3v) is 4.75. The van der Waals surface area contributed by atoms with Gasteiger partial charge in [-0.2, -0.15) is 0 Å². The van der Waals surface area contributed by atoms with E-state index in [9.17, 15) is 0 Å². The average molecular weight is 352 g/mol. The molecule has 2 aromatic rings. The quantitative estimate of drug-likeness (QED) is 0.620. The van der Waals surface area contributed by atoms with Crippen molar-refractivity contribution in [3.8, 4) is 5.75 Å². The highest BCUT2D eigenvalue weighted by Gasteiger charge is 2.23. The lowest BCUT2D eigenvalue weighted by Crippen LogP contribution is -2.45. The number of nitrogens with one attached hydrogen (secondary N) is 2. The summed E-state index contributed by atoms with van der Waals surface area (Å²) in [6.07, 6.45) is 2.01. The van der Waals surface area contributed by atoms with Gasteiger partial charge in [0.2, 0.25) is 0 Å². The van der Waals surface area contributed by atoms with Crippen molar-refractivity contribution in [1.82, 2.24) is 10.6 Å². The van der Waals surface area contributed by atoms with Gasteiger partial charge in [-0.05, 0) is 36.6 Å². The van der Waals surface area contributed by atoms with Crippen molar-refractivity contribution < 1.29 is 4.74 Å². The maximum Gasteiger partial charge on any atom is 0.191 e. The second kappa shape index (κ2) is 9.13. The summed E-state index contributed by atoms with van der Waals surface area (Å²) in [4.78, 5) is 6.78. The molecule has 0 aliphatic carbocycles. The minimum atomic E-state index is 0.410. The Morgan fingerprint density at radius 3 is 2.69 bits per heavy atom. The Hall–Kier alpha value is -2.69. The van der Waals surface area contributed by atoms with Crippen molar-refractivity contribution in [1.29, 1.82) is 0 Å².